The van der Waals surface area contributed by atoms with Crippen molar-refractivity contribution in [2.75, 3.05) is 0 Å². The van der Waals surface area contributed by atoms with Gasteiger partial charge in [0.15, 0.2) is 6.33 Å². The lowest BCUT2D eigenvalue weighted by atomic mass is 10.5. The van der Waals surface area contributed by atoms with E-state index in [4.69, 9.17) is 0 Å². The number of aromatic amines is 1. The van der Waals surface area contributed by atoms with Crippen LogP contribution in [0.25, 0.3) is 11.5 Å². The lowest BCUT2D eigenvalue weighted by molar-refractivity contribution is 0.860. The van der Waals surface area contributed by atoms with Gasteiger partial charge in [0.25, 0.3) is 0 Å². The van der Waals surface area contributed by atoms with E-state index in [1.54, 1.807) is 12.5 Å². The number of nitrogens with one attached hydrogen (secondary N) is 1. The van der Waals surface area contributed by atoms with E-state index in [9.17, 15) is 0 Å². The van der Waals surface area contributed by atoms with Crippen LogP contribution >= 0.6 is 0 Å². The van der Waals surface area contributed by atoms with Crippen LogP contribution in [0, 0.1) is 0 Å². The van der Waals surface area contributed by atoms with Crippen LogP contribution < -0.4 is 0 Å². The molecule has 11 heavy (non-hydrogen) atoms. The summed E-state index contributed by atoms with van der Waals surface area (Å²) in [4.78, 5) is 6.64. The summed E-state index contributed by atoms with van der Waals surface area (Å²) in [5, 5.41) is 14.6. The molecule has 0 aliphatic heterocycles. The molecule has 54 valence electrons. The molecule has 2 rings (SSSR count). The van der Waals surface area contributed by atoms with Crippen LogP contribution in [0.1, 0.15) is 0 Å². The van der Waals surface area contributed by atoms with E-state index in [0.717, 1.165) is 0 Å². The first-order valence-corrected chi connectivity index (χ1v) is 2.96. The van der Waals surface area contributed by atoms with E-state index in [1.807, 2.05) is 0 Å². The lowest BCUT2D eigenvalue weighted by Crippen LogP contribution is -1.93. The van der Waals surface area contributed by atoms with Gasteiger partial charge in [0, 0.05) is 0 Å². The second-order valence-electron chi connectivity index (χ2n) is 1.84. The number of nitrogens with zero attached hydrogens (tertiary/aromatic N) is 5. The summed E-state index contributed by atoms with van der Waals surface area (Å²) in [5.41, 5.74) is 0.714. The van der Waals surface area contributed by atoms with Crippen molar-refractivity contribution in [3.63, 3.8) is 0 Å². The van der Waals surface area contributed by atoms with Crippen LogP contribution in [0.5, 0.6) is 0 Å². The summed E-state index contributed by atoms with van der Waals surface area (Å²) in [6.45, 7) is 0. The first-order valence-electron chi connectivity index (χ1n) is 2.96. The summed E-state index contributed by atoms with van der Waals surface area (Å²) in [7, 11) is 0. The molecule has 6 nitrogen and oxygen atoms in total. The molecule has 0 bridgehead atoms. The minimum absolute atomic E-state index is 0.449. The number of hydrogen-bond donors (Lipinski definition) is 1. The largest absolute Gasteiger partial charge is 0.342 e. The molecule has 0 unspecified atom stereocenters. The third-order valence-corrected chi connectivity index (χ3v) is 1.15. The predicted octanol–water partition coefficient (Wildman–Crippen LogP) is -0.343. The van der Waals surface area contributed by atoms with Gasteiger partial charge < -0.3 is 4.98 Å². The second kappa shape index (κ2) is 2.41. The molecule has 0 aromatic carbocycles. The molecule has 0 amide bonds. The fourth-order valence-corrected chi connectivity index (χ4v) is 0.690. The van der Waals surface area contributed by atoms with E-state index in [0.29, 0.717) is 11.5 Å². The summed E-state index contributed by atoms with van der Waals surface area (Å²) in [6.07, 6.45) is 4.43. The van der Waals surface area contributed by atoms with Crippen molar-refractivity contribution in [3.8, 4) is 11.5 Å². The molecule has 0 spiro atoms. The quantitative estimate of drug-likeness (QED) is 0.598. The van der Waals surface area contributed by atoms with Crippen LogP contribution in [0.2, 0.25) is 0 Å². The SMILES string of the molecule is c1nnc(-c2cnc[nH]2)nn1. The average Bonchev–Trinajstić information content (AvgIpc) is 2.58. The Morgan fingerprint density at radius 1 is 1.18 bits per heavy atom. The third-order valence-electron chi connectivity index (χ3n) is 1.15. The average molecular weight is 148 g/mol. The first-order chi connectivity index (χ1) is 5.47. The number of H-pyrrole nitrogens is 1. The molecular formula is C5H4N6. The maximum absolute atomic E-state index is 3.81. The standard InChI is InChI=1S/C5H4N6/c1-4(7-2-6-1)5-10-8-3-9-11-5/h1-3H,(H,6,7). The first kappa shape index (κ1) is 5.90. The van der Waals surface area contributed by atoms with Gasteiger partial charge >= 0.3 is 0 Å². The van der Waals surface area contributed by atoms with Crippen molar-refractivity contribution in [2.24, 2.45) is 0 Å². The Morgan fingerprint density at radius 3 is 2.64 bits per heavy atom. The second-order valence-corrected chi connectivity index (χ2v) is 1.84. The minimum Gasteiger partial charge on any atom is -0.342 e. The zero-order valence-electron chi connectivity index (χ0n) is 5.47. The third kappa shape index (κ3) is 1.05. The van der Waals surface area contributed by atoms with Gasteiger partial charge in [-0.25, -0.2) is 4.98 Å². The van der Waals surface area contributed by atoms with E-state index >= 15 is 0 Å². The molecule has 0 saturated heterocycles. The van der Waals surface area contributed by atoms with Gasteiger partial charge in [0.2, 0.25) is 5.82 Å². The Hall–Kier alpha value is -1.85. The minimum atomic E-state index is 0.449. The Bertz CT molecular complexity index is 314. The highest BCUT2D eigenvalue weighted by atomic mass is 15.3. The Kier molecular flexibility index (Phi) is 1.29. The molecule has 1 N–H and O–H groups in total. The Labute approximate surface area is 61.7 Å². The molecule has 2 aromatic rings. The number of rotatable bonds is 1. The van der Waals surface area contributed by atoms with Crippen LogP contribution in [-0.2, 0) is 0 Å². The van der Waals surface area contributed by atoms with Gasteiger partial charge in [-0.3, -0.25) is 0 Å². The molecule has 0 aliphatic carbocycles. The smallest absolute Gasteiger partial charge is 0.221 e. The van der Waals surface area contributed by atoms with Gasteiger partial charge in [-0.05, 0) is 0 Å². The highest BCUT2D eigenvalue weighted by Crippen LogP contribution is 2.04. The van der Waals surface area contributed by atoms with E-state index in [1.165, 1.54) is 6.33 Å². The molecule has 2 aromatic heterocycles. The van der Waals surface area contributed by atoms with E-state index in [2.05, 4.69) is 30.4 Å². The van der Waals surface area contributed by atoms with Crippen LogP contribution in [0.3, 0.4) is 0 Å². The summed E-state index contributed by atoms with van der Waals surface area (Å²) < 4.78 is 0. The molecule has 6 heteroatoms. The Balaban J connectivity index is 2.46. The van der Waals surface area contributed by atoms with Crippen LogP contribution in [-0.4, -0.2) is 30.4 Å². The van der Waals surface area contributed by atoms with Gasteiger partial charge in [-0.1, -0.05) is 0 Å². The van der Waals surface area contributed by atoms with Gasteiger partial charge in [-0.15, -0.1) is 20.4 Å². The molecule has 0 radical (unpaired) electrons. The normalized spacial score (nSPS) is 9.82. The predicted molar refractivity (Wildman–Crippen MR) is 35.2 cm³/mol. The van der Waals surface area contributed by atoms with Crippen molar-refractivity contribution >= 4 is 0 Å². The monoisotopic (exact) mass is 148 g/mol. The highest BCUT2D eigenvalue weighted by molar-refractivity contribution is 5.44. The van der Waals surface area contributed by atoms with Crippen molar-refractivity contribution < 1.29 is 0 Å². The fourth-order valence-electron chi connectivity index (χ4n) is 0.690. The van der Waals surface area contributed by atoms with Crippen molar-refractivity contribution in [1.29, 1.82) is 0 Å². The number of imidazole rings is 1. The zero-order chi connectivity index (χ0) is 7.52. The molecule has 0 fully saturated rings. The van der Waals surface area contributed by atoms with E-state index in [-0.39, 0.29) is 0 Å². The van der Waals surface area contributed by atoms with Crippen molar-refractivity contribution in [3.05, 3.63) is 18.9 Å². The molecule has 2 heterocycles. The van der Waals surface area contributed by atoms with Crippen LogP contribution in [0.4, 0.5) is 0 Å². The lowest BCUT2D eigenvalue weighted by Gasteiger charge is -1.88. The van der Waals surface area contributed by atoms with Crippen molar-refractivity contribution in [1.82, 2.24) is 30.4 Å². The summed E-state index contributed by atoms with van der Waals surface area (Å²) >= 11 is 0. The maximum atomic E-state index is 3.81. The fraction of sp³-hybridized carbons (Fsp3) is 0. The maximum Gasteiger partial charge on any atom is 0.221 e. The number of aromatic nitrogens is 6. The van der Waals surface area contributed by atoms with Crippen LogP contribution in [0.15, 0.2) is 18.9 Å². The van der Waals surface area contributed by atoms with Gasteiger partial charge in [0.1, 0.15) is 5.69 Å². The topological polar surface area (TPSA) is 80.2 Å². The highest BCUT2D eigenvalue weighted by Gasteiger charge is 2.00. The van der Waals surface area contributed by atoms with E-state index < -0.39 is 0 Å². The summed E-state index contributed by atoms with van der Waals surface area (Å²) in [5.74, 6) is 0.449. The summed E-state index contributed by atoms with van der Waals surface area (Å²) in [6, 6.07) is 0. The molecule has 0 atom stereocenters. The van der Waals surface area contributed by atoms with Crippen molar-refractivity contribution in [2.45, 2.75) is 0 Å². The Morgan fingerprint density at radius 2 is 2.00 bits per heavy atom. The van der Waals surface area contributed by atoms with Gasteiger partial charge in [0.05, 0.1) is 12.5 Å². The zero-order valence-corrected chi connectivity index (χ0v) is 5.47. The number of hydrogen-bond acceptors (Lipinski definition) is 5. The van der Waals surface area contributed by atoms with Gasteiger partial charge in [-0.2, -0.15) is 0 Å². The molecular weight excluding hydrogens is 144 g/mol. The molecule has 0 aliphatic rings. The molecule has 0 saturated carbocycles.